The average molecular weight is 367 g/mol. The molecule has 134 valence electrons. The Kier molecular flexibility index (Phi) is 4.70. The second kappa shape index (κ2) is 7.13. The molecule has 4 rings (SSSR count). The van der Waals surface area contributed by atoms with Gasteiger partial charge in [0.1, 0.15) is 6.33 Å². The maximum absolute atomic E-state index is 5.46. The van der Waals surface area contributed by atoms with Crippen LogP contribution in [0, 0.1) is 0 Å². The van der Waals surface area contributed by atoms with Crippen molar-refractivity contribution in [3.8, 4) is 22.8 Å². The number of aromatic nitrogens is 2. The van der Waals surface area contributed by atoms with Crippen molar-refractivity contribution in [3.63, 3.8) is 0 Å². The van der Waals surface area contributed by atoms with E-state index >= 15 is 0 Å². The lowest BCUT2D eigenvalue weighted by molar-refractivity contribution is 0.356. The van der Waals surface area contributed by atoms with E-state index in [4.69, 9.17) is 9.47 Å². The molecule has 1 aliphatic rings. The van der Waals surface area contributed by atoms with Crippen molar-refractivity contribution in [1.29, 1.82) is 0 Å². The van der Waals surface area contributed by atoms with E-state index in [9.17, 15) is 0 Å². The van der Waals surface area contributed by atoms with Crippen LogP contribution in [0.2, 0.25) is 0 Å². The van der Waals surface area contributed by atoms with E-state index in [2.05, 4.69) is 38.7 Å². The van der Waals surface area contributed by atoms with Crippen LogP contribution in [-0.2, 0) is 13.0 Å². The number of nitrogens with zero attached hydrogens (tertiary/aromatic N) is 3. The van der Waals surface area contributed by atoms with Crippen molar-refractivity contribution in [2.45, 2.75) is 13.0 Å². The van der Waals surface area contributed by atoms with Crippen molar-refractivity contribution in [2.24, 2.45) is 0 Å². The number of methoxy groups -OCH3 is 2. The molecule has 0 atom stereocenters. The Bertz CT molecular complexity index is 961. The van der Waals surface area contributed by atoms with Crippen LogP contribution in [0.15, 0.2) is 36.7 Å². The fourth-order valence-corrected chi connectivity index (χ4v) is 3.99. The molecule has 3 aromatic rings. The first-order chi connectivity index (χ1) is 12.7. The lowest BCUT2D eigenvalue weighted by Crippen LogP contribution is -2.24. The number of fused-ring (bicyclic) bond motifs is 2. The fraction of sp³-hybridized carbons (Fsp3) is 0.300. The Morgan fingerprint density at radius 1 is 1.00 bits per heavy atom. The predicted octanol–water partition coefficient (Wildman–Crippen LogP) is 3.95. The second-order valence-corrected chi connectivity index (χ2v) is 7.11. The summed E-state index contributed by atoms with van der Waals surface area (Å²) in [6.45, 7) is 2.06. The Morgan fingerprint density at radius 2 is 1.81 bits per heavy atom. The molecule has 0 bridgehead atoms. The summed E-state index contributed by atoms with van der Waals surface area (Å²) in [5.74, 6) is 1.35. The third-order valence-electron chi connectivity index (χ3n) is 4.86. The van der Waals surface area contributed by atoms with Gasteiger partial charge in [0, 0.05) is 30.1 Å². The Hall–Kier alpha value is -2.31. The van der Waals surface area contributed by atoms with Crippen LogP contribution in [0.1, 0.15) is 11.1 Å². The van der Waals surface area contributed by atoms with Crippen molar-refractivity contribution in [2.75, 3.05) is 27.0 Å². The first kappa shape index (κ1) is 17.1. The molecule has 0 amide bonds. The predicted molar refractivity (Wildman–Crippen MR) is 106 cm³/mol. The first-order valence-corrected chi connectivity index (χ1v) is 9.69. The highest BCUT2D eigenvalue weighted by molar-refractivity contribution is 7.96. The van der Waals surface area contributed by atoms with E-state index in [1.807, 2.05) is 12.1 Å². The quantitative estimate of drug-likeness (QED) is 0.651. The summed E-state index contributed by atoms with van der Waals surface area (Å²) in [6.07, 6.45) is 4.83. The van der Waals surface area contributed by atoms with Crippen LogP contribution < -0.4 is 9.47 Å². The zero-order valence-electron chi connectivity index (χ0n) is 15.2. The first-order valence-electron chi connectivity index (χ1n) is 8.51. The molecule has 2 aromatic carbocycles. The van der Waals surface area contributed by atoms with Crippen molar-refractivity contribution >= 4 is 22.9 Å². The molecule has 1 aromatic heterocycles. The van der Waals surface area contributed by atoms with Gasteiger partial charge >= 0.3 is 0 Å². The molecule has 0 N–H and O–H groups in total. The molecule has 5 nitrogen and oxygen atoms in total. The van der Waals surface area contributed by atoms with Crippen molar-refractivity contribution in [3.05, 3.63) is 47.8 Å². The van der Waals surface area contributed by atoms with Gasteiger partial charge in [0.15, 0.2) is 11.5 Å². The molecular formula is C20H21N3O2S. The molecular weight excluding hydrogens is 346 g/mol. The smallest absolute Gasteiger partial charge is 0.162 e. The van der Waals surface area contributed by atoms with Crippen LogP contribution in [0.5, 0.6) is 11.5 Å². The highest BCUT2D eigenvalue weighted by Gasteiger charge is 2.18. The van der Waals surface area contributed by atoms with E-state index < -0.39 is 0 Å². The molecule has 0 spiro atoms. The van der Waals surface area contributed by atoms with Gasteiger partial charge in [0.25, 0.3) is 0 Å². The molecule has 2 heterocycles. The van der Waals surface area contributed by atoms with E-state index in [1.54, 1.807) is 32.5 Å². The van der Waals surface area contributed by atoms with Crippen LogP contribution in [0.25, 0.3) is 22.2 Å². The normalized spacial score (nSPS) is 14.3. The molecule has 0 aliphatic carbocycles. The Labute approximate surface area is 157 Å². The number of benzene rings is 2. The summed E-state index contributed by atoms with van der Waals surface area (Å²) >= 11 is 1.80. The maximum atomic E-state index is 5.46. The second-order valence-electron chi connectivity index (χ2n) is 6.23. The molecule has 0 radical (unpaired) electrons. The number of hydrogen-bond donors (Lipinski definition) is 0. The van der Waals surface area contributed by atoms with Gasteiger partial charge in [-0.25, -0.2) is 14.3 Å². The summed E-state index contributed by atoms with van der Waals surface area (Å²) in [6, 6.07) is 10.5. The molecule has 0 saturated heterocycles. The number of ether oxygens (including phenoxy) is 2. The zero-order chi connectivity index (χ0) is 18.1. The molecule has 1 aliphatic heterocycles. The van der Waals surface area contributed by atoms with Crippen molar-refractivity contribution < 1.29 is 9.47 Å². The third kappa shape index (κ3) is 2.99. The minimum atomic E-state index is 0.672. The minimum Gasteiger partial charge on any atom is -0.493 e. The monoisotopic (exact) mass is 367 g/mol. The molecule has 0 unspecified atom stereocenters. The maximum Gasteiger partial charge on any atom is 0.162 e. The van der Waals surface area contributed by atoms with Gasteiger partial charge < -0.3 is 9.47 Å². The number of hydrogen-bond acceptors (Lipinski definition) is 6. The van der Waals surface area contributed by atoms with E-state index in [0.717, 1.165) is 41.7 Å². The van der Waals surface area contributed by atoms with Gasteiger partial charge in [-0.05, 0) is 35.9 Å². The van der Waals surface area contributed by atoms with E-state index in [1.165, 1.54) is 11.1 Å². The molecule has 26 heavy (non-hydrogen) atoms. The van der Waals surface area contributed by atoms with Gasteiger partial charge in [0.05, 0.1) is 25.4 Å². The highest BCUT2D eigenvalue weighted by Crippen LogP contribution is 2.36. The standard InChI is InChI=1S/C20H21N3O2S/c1-24-18-9-16-17(10-19(18)25-2)21-12-22-20(16)14-5-4-13-6-7-23(26-3)11-15(13)8-14/h4-5,8-10,12H,6-7,11H2,1-3H3. The fourth-order valence-electron chi connectivity index (χ4n) is 3.45. The van der Waals surface area contributed by atoms with Crippen LogP contribution in [0.4, 0.5) is 0 Å². The average Bonchev–Trinajstić information content (AvgIpc) is 2.71. The summed E-state index contributed by atoms with van der Waals surface area (Å²) in [5.41, 5.74) is 5.66. The molecule has 0 fully saturated rings. The summed E-state index contributed by atoms with van der Waals surface area (Å²) in [7, 11) is 3.27. The van der Waals surface area contributed by atoms with Crippen LogP contribution >= 0.6 is 11.9 Å². The molecule has 6 heteroatoms. The summed E-state index contributed by atoms with van der Waals surface area (Å²) < 4.78 is 13.2. The largest absolute Gasteiger partial charge is 0.493 e. The topological polar surface area (TPSA) is 47.5 Å². The van der Waals surface area contributed by atoms with E-state index in [0.29, 0.717) is 11.5 Å². The van der Waals surface area contributed by atoms with Gasteiger partial charge in [-0.15, -0.1) is 0 Å². The Morgan fingerprint density at radius 3 is 2.58 bits per heavy atom. The lowest BCUT2D eigenvalue weighted by Gasteiger charge is -2.26. The van der Waals surface area contributed by atoms with Gasteiger partial charge in [-0.2, -0.15) is 0 Å². The van der Waals surface area contributed by atoms with Gasteiger partial charge in [0.2, 0.25) is 0 Å². The SMILES string of the molecule is COc1cc2ncnc(-c3ccc4c(c3)CN(SC)CC4)c2cc1OC. The zero-order valence-corrected chi connectivity index (χ0v) is 16.0. The Balaban J connectivity index is 1.84. The van der Waals surface area contributed by atoms with Crippen LogP contribution in [0.3, 0.4) is 0 Å². The van der Waals surface area contributed by atoms with Gasteiger partial charge in [-0.3, -0.25) is 0 Å². The summed E-state index contributed by atoms with van der Waals surface area (Å²) in [4.78, 5) is 8.98. The number of rotatable bonds is 4. The summed E-state index contributed by atoms with van der Waals surface area (Å²) in [5, 5.41) is 0.961. The minimum absolute atomic E-state index is 0.672. The van der Waals surface area contributed by atoms with Gasteiger partial charge in [-0.1, -0.05) is 24.1 Å². The highest BCUT2D eigenvalue weighted by atomic mass is 32.2. The van der Waals surface area contributed by atoms with E-state index in [-0.39, 0.29) is 0 Å². The lowest BCUT2D eigenvalue weighted by atomic mass is 9.96. The van der Waals surface area contributed by atoms with Crippen LogP contribution in [-0.4, -0.2) is 41.3 Å². The molecule has 0 saturated carbocycles. The van der Waals surface area contributed by atoms with Crippen molar-refractivity contribution in [1.82, 2.24) is 14.3 Å². The third-order valence-corrected chi connectivity index (χ3v) is 5.68.